The van der Waals surface area contributed by atoms with Gasteiger partial charge in [-0.2, -0.15) is 13.2 Å². The van der Waals surface area contributed by atoms with Gasteiger partial charge in [0.05, 0.1) is 12.6 Å². The molecule has 0 unspecified atom stereocenters. The standard InChI is InChI=1S/C15H22F3N3/c1-10-6-19-13(5-12(10)14(2,3)4)20-11-7-21(8-11)9-15(16,17)18/h5-6,11H,7-9H2,1-4H3,(H,19,20). The Hall–Kier alpha value is -1.30. The Bertz CT molecular complexity index is 500. The van der Waals surface area contributed by atoms with Gasteiger partial charge in [-0.15, -0.1) is 0 Å². The van der Waals surface area contributed by atoms with E-state index in [1.165, 1.54) is 10.5 Å². The monoisotopic (exact) mass is 301 g/mol. The average Bonchev–Trinajstić information content (AvgIpc) is 2.25. The molecule has 3 nitrogen and oxygen atoms in total. The predicted octanol–water partition coefficient (Wildman–Crippen LogP) is 3.35. The highest BCUT2D eigenvalue weighted by Crippen LogP contribution is 2.28. The molecule has 0 aliphatic carbocycles. The lowest BCUT2D eigenvalue weighted by Crippen LogP contribution is -2.57. The van der Waals surface area contributed by atoms with Gasteiger partial charge in [0, 0.05) is 19.3 Å². The van der Waals surface area contributed by atoms with Crippen LogP contribution in [0.4, 0.5) is 19.0 Å². The van der Waals surface area contributed by atoms with Gasteiger partial charge in [0.1, 0.15) is 5.82 Å². The van der Waals surface area contributed by atoms with Crippen molar-refractivity contribution in [2.75, 3.05) is 25.0 Å². The van der Waals surface area contributed by atoms with Gasteiger partial charge in [-0.3, -0.25) is 4.90 Å². The van der Waals surface area contributed by atoms with E-state index >= 15 is 0 Å². The van der Waals surface area contributed by atoms with Crippen LogP contribution in [0.25, 0.3) is 0 Å². The lowest BCUT2D eigenvalue weighted by molar-refractivity contribution is -0.153. The Morgan fingerprint density at radius 2 is 1.90 bits per heavy atom. The van der Waals surface area contributed by atoms with Gasteiger partial charge < -0.3 is 5.32 Å². The SMILES string of the molecule is Cc1cnc(NC2CN(CC(F)(F)F)C2)cc1C(C)(C)C. The van der Waals surface area contributed by atoms with Crippen LogP contribution in [0.3, 0.4) is 0 Å². The van der Waals surface area contributed by atoms with Crippen molar-refractivity contribution < 1.29 is 13.2 Å². The van der Waals surface area contributed by atoms with E-state index in [0.717, 1.165) is 11.4 Å². The third kappa shape index (κ3) is 4.33. The molecule has 0 aromatic carbocycles. The number of pyridine rings is 1. The summed E-state index contributed by atoms with van der Waals surface area (Å²) in [5.74, 6) is 0.738. The fraction of sp³-hybridized carbons (Fsp3) is 0.667. The Labute approximate surface area is 123 Å². The molecule has 1 aliphatic rings. The van der Waals surface area contributed by atoms with Gasteiger partial charge >= 0.3 is 6.18 Å². The number of alkyl halides is 3. The molecule has 0 bridgehead atoms. The minimum absolute atomic E-state index is 0.0192. The number of halogens is 3. The lowest BCUT2D eigenvalue weighted by atomic mass is 9.85. The van der Waals surface area contributed by atoms with Crippen molar-refractivity contribution >= 4 is 5.82 Å². The molecule has 0 radical (unpaired) electrons. The number of anilines is 1. The summed E-state index contributed by atoms with van der Waals surface area (Å²) in [6.07, 6.45) is -2.30. The maximum absolute atomic E-state index is 12.2. The second kappa shape index (κ2) is 5.48. The van der Waals surface area contributed by atoms with E-state index < -0.39 is 12.7 Å². The van der Waals surface area contributed by atoms with Crippen molar-refractivity contribution in [3.8, 4) is 0 Å². The second-order valence-electron chi connectivity index (χ2n) is 6.78. The summed E-state index contributed by atoms with van der Waals surface area (Å²) in [5, 5.41) is 3.21. The molecule has 1 aromatic rings. The summed E-state index contributed by atoms with van der Waals surface area (Å²) in [4.78, 5) is 5.71. The van der Waals surface area contributed by atoms with Crippen molar-refractivity contribution in [2.24, 2.45) is 0 Å². The molecule has 0 amide bonds. The van der Waals surface area contributed by atoms with Crippen molar-refractivity contribution in [2.45, 2.75) is 45.3 Å². The van der Waals surface area contributed by atoms with Crippen molar-refractivity contribution in [1.82, 2.24) is 9.88 Å². The first kappa shape index (κ1) is 16.1. The molecule has 1 saturated heterocycles. The van der Waals surface area contributed by atoms with Crippen molar-refractivity contribution in [3.63, 3.8) is 0 Å². The fourth-order valence-electron chi connectivity index (χ4n) is 2.66. The molecular weight excluding hydrogens is 279 g/mol. The number of aryl methyl sites for hydroxylation is 1. The zero-order valence-corrected chi connectivity index (χ0v) is 12.9. The van der Waals surface area contributed by atoms with Crippen LogP contribution in [0.1, 0.15) is 31.9 Å². The summed E-state index contributed by atoms with van der Waals surface area (Å²) in [6.45, 7) is 8.39. The van der Waals surface area contributed by atoms with Gasteiger partial charge in [0.15, 0.2) is 0 Å². The largest absolute Gasteiger partial charge is 0.401 e. The molecule has 2 rings (SSSR count). The normalized spacial score (nSPS) is 17.7. The van der Waals surface area contributed by atoms with Gasteiger partial charge in [-0.25, -0.2) is 4.98 Å². The molecular formula is C15H22F3N3. The number of nitrogens with zero attached hydrogens (tertiary/aromatic N) is 2. The molecule has 0 spiro atoms. The van der Waals surface area contributed by atoms with Crippen molar-refractivity contribution in [1.29, 1.82) is 0 Å². The van der Waals surface area contributed by atoms with Crippen LogP contribution in [0, 0.1) is 6.92 Å². The molecule has 1 aromatic heterocycles. The number of rotatable bonds is 3. The lowest BCUT2D eigenvalue weighted by Gasteiger charge is -2.40. The highest BCUT2D eigenvalue weighted by atomic mass is 19.4. The third-order valence-electron chi connectivity index (χ3n) is 3.62. The Kier molecular flexibility index (Phi) is 4.19. The maximum Gasteiger partial charge on any atom is 0.401 e. The quantitative estimate of drug-likeness (QED) is 0.928. The topological polar surface area (TPSA) is 28.2 Å². The van der Waals surface area contributed by atoms with E-state index in [1.807, 2.05) is 19.2 Å². The fourth-order valence-corrected chi connectivity index (χ4v) is 2.66. The molecule has 1 N–H and O–H groups in total. The van der Waals surface area contributed by atoms with E-state index in [0.29, 0.717) is 13.1 Å². The van der Waals surface area contributed by atoms with Crippen LogP contribution in [-0.2, 0) is 5.41 Å². The predicted molar refractivity (Wildman–Crippen MR) is 77.6 cm³/mol. The van der Waals surface area contributed by atoms with E-state index in [-0.39, 0.29) is 11.5 Å². The number of nitrogens with one attached hydrogen (secondary N) is 1. The first-order chi connectivity index (χ1) is 9.54. The van der Waals surface area contributed by atoms with Gasteiger partial charge in [-0.1, -0.05) is 20.8 Å². The van der Waals surface area contributed by atoms with Crippen LogP contribution < -0.4 is 5.32 Å². The minimum Gasteiger partial charge on any atom is -0.365 e. The molecule has 1 fully saturated rings. The first-order valence-corrected chi connectivity index (χ1v) is 7.07. The molecule has 21 heavy (non-hydrogen) atoms. The molecule has 1 aliphatic heterocycles. The van der Waals surface area contributed by atoms with Crippen LogP contribution >= 0.6 is 0 Å². The highest BCUT2D eigenvalue weighted by Gasteiger charge is 2.37. The smallest absolute Gasteiger partial charge is 0.365 e. The summed E-state index contributed by atoms with van der Waals surface area (Å²) in [5.41, 5.74) is 2.34. The maximum atomic E-state index is 12.2. The molecule has 118 valence electrons. The highest BCUT2D eigenvalue weighted by molar-refractivity contribution is 5.44. The van der Waals surface area contributed by atoms with E-state index in [9.17, 15) is 13.2 Å². The molecule has 0 saturated carbocycles. The zero-order chi connectivity index (χ0) is 15.8. The Balaban J connectivity index is 1.94. The average molecular weight is 301 g/mol. The zero-order valence-electron chi connectivity index (χ0n) is 12.9. The molecule has 2 heterocycles. The van der Waals surface area contributed by atoms with E-state index in [2.05, 4.69) is 31.1 Å². The number of hydrogen-bond donors (Lipinski definition) is 1. The van der Waals surface area contributed by atoms with Gasteiger partial charge in [0.2, 0.25) is 0 Å². The minimum atomic E-state index is -4.12. The third-order valence-corrected chi connectivity index (χ3v) is 3.62. The summed E-state index contributed by atoms with van der Waals surface area (Å²) in [7, 11) is 0. The Morgan fingerprint density at radius 3 is 2.43 bits per heavy atom. The molecule has 0 atom stereocenters. The summed E-state index contributed by atoms with van der Waals surface area (Å²) < 4.78 is 36.7. The van der Waals surface area contributed by atoms with Gasteiger partial charge in [-0.05, 0) is 29.5 Å². The molecule has 6 heteroatoms. The Morgan fingerprint density at radius 1 is 1.29 bits per heavy atom. The van der Waals surface area contributed by atoms with Crippen LogP contribution in [0.5, 0.6) is 0 Å². The van der Waals surface area contributed by atoms with Gasteiger partial charge in [0.25, 0.3) is 0 Å². The van der Waals surface area contributed by atoms with E-state index in [4.69, 9.17) is 0 Å². The van der Waals surface area contributed by atoms with Crippen LogP contribution in [0.15, 0.2) is 12.3 Å². The summed E-state index contributed by atoms with van der Waals surface area (Å²) >= 11 is 0. The second-order valence-corrected chi connectivity index (χ2v) is 6.78. The first-order valence-electron chi connectivity index (χ1n) is 7.07. The van der Waals surface area contributed by atoms with Crippen LogP contribution in [0.2, 0.25) is 0 Å². The number of likely N-dealkylation sites (tertiary alicyclic amines) is 1. The number of hydrogen-bond acceptors (Lipinski definition) is 3. The summed E-state index contributed by atoms with van der Waals surface area (Å²) in [6, 6.07) is 2.04. The van der Waals surface area contributed by atoms with Crippen LogP contribution in [-0.4, -0.2) is 41.7 Å². The number of aromatic nitrogens is 1. The van der Waals surface area contributed by atoms with Crippen molar-refractivity contribution in [3.05, 3.63) is 23.4 Å². The van der Waals surface area contributed by atoms with E-state index in [1.54, 1.807) is 0 Å².